The number of Topliss-reactive ketones (excluding diaryl/α,β-unsaturated/α-hetero) is 1. The first-order chi connectivity index (χ1) is 18.0. The number of benzene rings is 1. The molecule has 3 heterocycles. The lowest BCUT2D eigenvalue weighted by atomic mass is 9.91. The van der Waals surface area contributed by atoms with Gasteiger partial charge in [0.05, 0.1) is 29.0 Å². The van der Waals surface area contributed by atoms with Gasteiger partial charge in [-0.05, 0) is 69.8 Å². The number of fused-ring (bicyclic) bond motifs is 1. The van der Waals surface area contributed by atoms with Crippen LogP contribution in [-0.4, -0.2) is 56.7 Å². The summed E-state index contributed by atoms with van der Waals surface area (Å²) in [6.07, 6.45) is 13.3. The van der Waals surface area contributed by atoms with Crippen LogP contribution < -0.4 is 5.32 Å². The number of hydrogen-bond acceptors (Lipinski definition) is 6. The summed E-state index contributed by atoms with van der Waals surface area (Å²) in [4.78, 5) is 44.3. The van der Waals surface area contributed by atoms with E-state index >= 15 is 0 Å². The number of aromatic nitrogens is 4. The predicted octanol–water partition coefficient (Wildman–Crippen LogP) is 4.84. The molecule has 1 aliphatic carbocycles. The van der Waals surface area contributed by atoms with Gasteiger partial charge in [0.15, 0.2) is 0 Å². The molecular formula is C29H38N6O2. The third-order valence-corrected chi connectivity index (χ3v) is 8.35. The summed E-state index contributed by atoms with van der Waals surface area (Å²) in [5, 5.41) is 3.35. The summed E-state index contributed by atoms with van der Waals surface area (Å²) >= 11 is 0. The van der Waals surface area contributed by atoms with E-state index < -0.39 is 0 Å². The second-order valence-electron chi connectivity index (χ2n) is 10.9. The molecule has 1 saturated heterocycles. The minimum Gasteiger partial charge on any atom is -0.346 e. The van der Waals surface area contributed by atoms with Crippen molar-refractivity contribution in [1.82, 2.24) is 30.2 Å². The molecule has 1 spiro atoms. The molecule has 0 bridgehead atoms. The number of aromatic amines is 1. The van der Waals surface area contributed by atoms with Crippen LogP contribution in [0.3, 0.4) is 0 Å². The molecule has 196 valence electrons. The lowest BCUT2D eigenvalue weighted by molar-refractivity contribution is -0.124. The number of nitrogens with one attached hydrogen (secondary N) is 2. The number of likely N-dealkylation sites (tertiary alicyclic amines) is 1. The Hall–Kier alpha value is -3.13. The van der Waals surface area contributed by atoms with Crippen LogP contribution in [0.15, 0.2) is 36.8 Å². The van der Waals surface area contributed by atoms with Crippen molar-refractivity contribution in [3.63, 3.8) is 0 Å². The van der Waals surface area contributed by atoms with Gasteiger partial charge in [-0.2, -0.15) is 0 Å². The van der Waals surface area contributed by atoms with Gasteiger partial charge in [-0.1, -0.05) is 25.8 Å². The number of piperidine rings is 1. The van der Waals surface area contributed by atoms with Crippen molar-refractivity contribution in [2.45, 2.75) is 70.8 Å². The van der Waals surface area contributed by atoms with Crippen LogP contribution in [0.25, 0.3) is 22.3 Å². The third-order valence-electron chi connectivity index (χ3n) is 8.35. The number of rotatable bonds is 11. The molecule has 37 heavy (non-hydrogen) atoms. The summed E-state index contributed by atoms with van der Waals surface area (Å²) in [6.45, 7) is 4.06. The van der Waals surface area contributed by atoms with Gasteiger partial charge in [0.25, 0.3) is 0 Å². The van der Waals surface area contributed by atoms with E-state index in [1.807, 2.05) is 31.3 Å². The van der Waals surface area contributed by atoms with E-state index in [9.17, 15) is 9.59 Å². The molecule has 0 radical (unpaired) electrons. The van der Waals surface area contributed by atoms with Crippen molar-refractivity contribution >= 4 is 22.7 Å². The van der Waals surface area contributed by atoms with Crippen LogP contribution in [-0.2, 0) is 9.59 Å². The SMILES string of the molecule is CCC(=O)CCCCC[C@H](NC(=O)[C@H]1CC12CCN(C)CC2)c1ncc(-c2ccc3nccnc3c2)[nH]1. The molecule has 8 nitrogen and oxygen atoms in total. The third kappa shape index (κ3) is 5.90. The Morgan fingerprint density at radius 3 is 2.68 bits per heavy atom. The van der Waals surface area contributed by atoms with E-state index in [0.29, 0.717) is 18.6 Å². The van der Waals surface area contributed by atoms with E-state index in [-0.39, 0.29) is 23.3 Å². The predicted molar refractivity (Wildman–Crippen MR) is 144 cm³/mol. The number of imidazole rings is 1. The number of amides is 1. The maximum atomic E-state index is 13.4. The monoisotopic (exact) mass is 502 g/mol. The van der Waals surface area contributed by atoms with Gasteiger partial charge >= 0.3 is 0 Å². The zero-order valence-electron chi connectivity index (χ0n) is 22.0. The van der Waals surface area contributed by atoms with Gasteiger partial charge in [0.1, 0.15) is 11.6 Å². The molecule has 8 heteroatoms. The van der Waals surface area contributed by atoms with Crippen molar-refractivity contribution in [1.29, 1.82) is 0 Å². The average molecular weight is 503 g/mol. The van der Waals surface area contributed by atoms with Crippen LogP contribution in [0.5, 0.6) is 0 Å². The molecule has 2 N–H and O–H groups in total. The van der Waals surface area contributed by atoms with E-state index in [4.69, 9.17) is 4.98 Å². The highest BCUT2D eigenvalue weighted by Gasteiger charge is 2.58. The Morgan fingerprint density at radius 1 is 1.11 bits per heavy atom. The second-order valence-corrected chi connectivity index (χ2v) is 10.9. The quantitative estimate of drug-likeness (QED) is 0.364. The second kappa shape index (κ2) is 11.1. The fraction of sp³-hybridized carbons (Fsp3) is 0.552. The summed E-state index contributed by atoms with van der Waals surface area (Å²) in [5.41, 5.74) is 3.77. The molecule has 1 aliphatic heterocycles. The number of ketones is 1. The topological polar surface area (TPSA) is 104 Å². The van der Waals surface area contributed by atoms with Gasteiger partial charge in [0, 0.05) is 36.7 Å². The van der Waals surface area contributed by atoms with Crippen molar-refractivity contribution in [2.75, 3.05) is 20.1 Å². The van der Waals surface area contributed by atoms with E-state index in [1.165, 1.54) is 0 Å². The first-order valence-corrected chi connectivity index (χ1v) is 13.7. The average Bonchev–Trinajstić information content (AvgIpc) is 3.40. The molecule has 1 aromatic carbocycles. The van der Waals surface area contributed by atoms with Gasteiger partial charge in [0.2, 0.25) is 5.91 Å². The van der Waals surface area contributed by atoms with Crippen LogP contribution in [0, 0.1) is 11.3 Å². The molecule has 1 amide bonds. The van der Waals surface area contributed by atoms with Crippen LogP contribution in [0.2, 0.25) is 0 Å². The Bertz CT molecular complexity index is 1250. The highest BCUT2D eigenvalue weighted by molar-refractivity contribution is 5.83. The number of carbonyl (C=O) groups is 2. The maximum Gasteiger partial charge on any atom is 0.224 e. The lowest BCUT2D eigenvalue weighted by Gasteiger charge is -2.30. The number of carbonyl (C=O) groups excluding carboxylic acids is 2. The molecule has 3 aromatic rings. The van der Waals surface area contributed by atoms with Gasteiger partial charge < -0.3 is 15.2 Å². The van der Waals surface area contributed by atoms with E-state index in [1.54, 1.807) is 12.4 Å². The molecule has 2 fully saturated rings. The summed E-state index contributed by atoms with van der Waals surface area (Å²) < 4.78 is 0. The van der Waals surface area contributed by atoms with Crippen LogP contribution in [0.1, 0.15) is 76.6 Å². The molecule has 5 rings (SSSR count). The summed E-state index contributed by atoms with van der Waals surface area (Å²) in [7, 11) is 2.16. The molecular weight excluding hydrogens is 464 g/mol. The maximum absolute atomic E-state index is 13.4. The van der Waals surface area contributed by atoms with Crippen molar-refractivity contribution in [3.05, 3.63) is 42.6 Å². The highest BCUT2D eigenvalue weighted by atomic mass is 16.2. The van der Waals surface area contributed by atoms with E-state index in [2.05, 4.69) is 32.2 Å². The Labute approximate surface area is 218 Å². The fourth-order valence-electron chi connectivity index (χ4n) is 5.70. The summed E-state index contributed by atoms with van der Waals surface area (Å²) in [6, 6.07) is 5.81. The molecule has 2 atom stereocenters. The van der Waals surface area contributed by atoms with Crippen molar-refractivity contribution < 1.29 is 9.59 Å². The molecule has 2 aromatic heterocycles. The largest absolute Gasteiger partial charge is 0.346 e. The standard InChI is InChI=1S/C29H38N6O2/c1-3-21(36)7-5-4-6-8-24(34-28(37)22-18-29(22)11-15-35(2)16-12-29)27-32-19-26(33-27)20-9-10-23-25(17-20)31-14-13-30-23/h9-10,13-14,17,19,22,24H,3-8,11-12,15-16,18H2,1-2H3,(H,32,33)(H,34,37)/t22-,24+/m1/s1. The fourth-order valence-corrected chi connectivity index (χ4v) is 5.70. The molecule has 0 unspecified atom stereocenters. The number of hydrogen-bond donors (Lipinski definition) is 2. The molecule has 2 aliphatic rings. The number of H-pyrrole nitrogens is 1. The molecule has 1 saturated carbocycles. The first kappa shape index (κ1) is 25.5. The minimum absolute atomic E-state index is 0.111. The normalized spacial score (nSPS) is 19.7. The highest BCUT2D eigenvalue weighted by Crippen LogP contribution is 2.59. The zero-order valence-corrected chi connectivity index (χ0v) is 22.0. The minimum atomic E-state index is -0.174. The van der Waals surface area contributed by atoms with Gasteiger partial charge in [-0.3, -0.25) is 19.6 Å². The Balaban J connectivity index is 1.27. The lowest BCUT2D eigenvalue weighted by Crippen LogP contribution is -2.36. The van der Waals surface area contributed by atoms with E-state index in [0.717, 1.165) is 86.2 Å². The first-order valence-electron chi connectivity index (χ1n) is 13.7. The Kier molecular flexibility index (Phi) is 7.65. The number of nitrogens with zero attached hydrogens (tertiary/aromatic N) is 4. The zero-order chi connectivity index (χ0) is 25.8. The summed E-state index contributed by atoms with van der Waals surface area (Å²) in [5.74, 6) is 1.37. The van der Waals surface area contributed by atoms with Crippen LogP contribution >= 0.6 is 0 Å². The van der Waals surface area contributed by atoms with Crippen molar-refractivity contribution in [3.8, 4) is 11.3 Å². The van der Waals surface area contributed by atoms with Gasteiger partial charge in [-0.15, -0.1) is 0 Å². The number of unbranched alkanes of at least 4 members (excludes halogenated alkanes) is 2. The Morgan fingerprint density at radius 2 is 1.89 bits per heavy atom. The van der Waals surface area contributed by atoms with Crippen molar-refractivity contribution in [2.24, 2.45) is 11.3 Å². The smallest absolute Gasteiger partial charge is 0.224 e. The van der Waals surface area contributed by atoms with Crippen LogP contribution in [0.4, 0.5) is 0 Å². The van der Waals surface area contributed by atoms with Gasteiger partial charge in [-0.25, -0.2) is 4.98 Å².